The summed E-state index contributed by atoms with van der Waals surface area (Å²) in [5.74, 6) is -0.557. The monoisotopic (exact) mass is 464 g/mol. The highest BCUT2D eigenvalue weighted by Crippen LogP contribution is 2.34. The standard InChI is InChI=1S/C19H28O13/c20-4-7-2-1-3-8(22)17(7)32-19-16(28)14(26)12(24)10(31-19)6-29-18-15(27)13(25)11(23)9(5-21)30-18/h1-3,9-16,18-28H,4-6H2. The Bertz CT molecular complexity index is 746. The number of hydrogen-bond donors (Lipinski definition) is 9. The summed E-state index contributed by atoms with van der Waals surface area (Å²) in [4.78, 5) is 0. The molecule has 2 saturated heterocycles. The van der Waals surface area contributed by atoms with Crippen LogP contribution in [0.1, 0.15) is 5.56 Å². The molecule has 32 heavy (non-hydrogen) atoms. The Morgan fingerprint density at radius 1 is 0.750 bits per heavy atom. The Kier molecular flexibility index (Phi) is 8.24. The molecule has 2 fully saturated rings. The van der Waals surface area contributed by atoms with Crippen molar-refractivity contribution in [2.75, 3.05) is 13.2 Å². The van der Waals surface area contributed by atoms with Gasteiger partial charge in [-0.05, 0) is 6.07 Å². The van der Waals surface area contributed by atoms with Crippen LogP contribution in [0.25, 0.3) is 0 Å². The van der Waals surface area contributed by atoms with Crippen LogP contribution in [0.15, 0.2) is 18.2 Å². The molecule has 0 bridgehead atoms. The third kappa shape index (κ3) is 4.98. The third-order valence-electron chi connectivity index (χ3n) is 5.42. The van der Waals surface area contributed by atoms with Crippen molar-refractivity contribution in [3.05, 3.63) is 23.8 Å². The lowest BCUT2D eigenvalue weighted by atomic mass is 9.98. The number of aliphatic hydroxyl groups excluding tert-OH is 8. The SMILES string of the molecule is OCc1cccc(O)c1OC1OC(COC2OC(CO)C(O)C(O)C2O)C(O)C(O)C1O. The molecule has 2 heterocycles. The lowest BCUT2D eigenvalue weighted by Crippen LogP contribution is -2.62. The van der Waals surface area contributed by atoms with Crippen LogP contribution in [0.4, 0.5) is 0 Å². The molecule has 10 atom stereocenters. The maximum atomic E-state index is 10.2. The number of rotatable bonds is 7. The van der Waals surface area contributed by atoms with Gasteiger partial charge in [0.05, 0.1) is 19.8 Å². The van der Waals surface area contributed by atoms with Crippen molar-refractivity contribution in [3.63, 3.8) is 0 Å². The van der Waals surface area contributed by atoms with Crippen LogP contribution in [0.3, 0.4) is 0 Å². The molecule has 0 aliphatic carbocycles. The lowest BCUT2D eigenvalue weighted by Gasteiger charge is -2.42. The molecule has 1 aromatic rings. The Morgan fingerprint density at radius 2 is 1.34 bits per heavy atom. The second kappa shape index (κ2) is 10.5. The van der Waals surface area contributed by atoms with Gasteiger partial charge in [0.25, 0.3) is 0 Å². The van der Waals surface area contributed by atoms with E-state index in [1.54, 1.807) is 0 Å². The van der Waals surface area contributed by atoms with Gasteiger partial charge >= 0.3 is 0 Å². The van der Waals surface area contributed by atoms with Gasteiger partial charge in [0, 0.05) is 5.56 Å². The molecule has 13 nitrogen and oxygen atoms in total. The molecule has 3 rings (SSSR count). The van der Waals surface area contributed by atoms with Gasteiger partial charge in [-0.25, -0.2) is 0 Å². The molecule has 2 aliphatic rings. The minimum atomic E-state index is -1.75. The smallest absolute Gasteiger partial charge is 0.229 e. The van der Waals surface area contributed by atoms with Crippen molar-refractivity contribution in [1.29, 1.82) is 0 Å². The lowest BCUT2D eigenvalue weighted by molar-refractivity contribution is -0.323. The summed E-state index contributed by atoms with van der Waals surface area (Å²) in [6, 6.07) is 4.19. The zero-order chi connectivity index (χ0) is 23.6. The van der Waals surface area contributed by atoms with Gasteiger partial charge in [0.1, 0.15) is 48.8 Å². The van der Waals surface area contributed by atoms with Crippen molar-refractivity contribution in [2.45, 2.75) is 68.0 Å². The largest absolute Gasteiger partial charge is 0.504 e. The third-order valence-corrected chi connectivity index (χ3v) is 5.42. The summed E-state index contributed by atoms with van der Waals surface area (Å²) in [6.45, 7) is -1.69. The number of ether oxygens (including phenoxy) is 4. The Balaban J connectivity index is 1.69. The number of hydrogen-bond acceptors (Lipinski definition) is 13. The van der Waals surface area contributed by atoms with Gasteiger partial charge in [0.15, 0.2) is 17.8 Å². The number of aromatic hydroxyl groups is 1. The molecule has 9 N–H and O–H groups in total. The average molecular weight is 464 g/mol. The fraction of sp³-hybridized carbons (Fsp3) is 0.684. The second-order valence-electron chi connectivity index (χ2n) is 7.59. The summed E-state index contributed by atoms with van der Waals surface area (Å²) >= 11 is 0. The molecule has 0 amide bonds. The molecular weight excluding hydrogens is 436 g/mol. The van der Waals surface area contributed by atoms with Gasteiger partial charge in [-0.2, -0.15) is 0 Å². The molecule has 0 spiro atoms. The molecule has 10 unspecified atom stereocenters. The highest BCUT2D eigenvalue weighted by Gasteiger charge is 2.48. The predicted molar refractivity (Wildman–Crippen MR) is 101 cm³/mol. The summed E-state index contributed by atoms with van der Waals surface area (Å²) in [7, 11) is 0. The molecule has 0 radical (unpaired) electrons. The van der Waals surface area contributed by atoms with Crippen LogP contribution in [0, 0.1) is 0 Å². The van der Waals surface area contributed by atoms with E-state index in [9.17, 15) is 46.0 Å². The number of phenolic OH excluding ortho intramolecular Hbond substituents is 1. The van der Waals surface area contributed by atoms with Gasteiger partial charge in [-0.1, -0.05) is 12.1 Å². The van der Waals surface area contributed by atoms with E-state index in [4.69, 9.17) is 18.9 Å². The van der Waals surface area contributed by atoms with E-state index in [2.05, 4.69) is 0 Å². The summed E-state index contributed by atoms with van der Waals surface area (Å²) in [6.07, 6.45) is -15.7. The van der Waals surface area contributed by atoms with Crippen molar-refractivity contribution < 1.29 is 64.9 Å². The molecule has 13 heteroatoms. The minimum Gasteiger partial charge on any atom is -0.504 e. The van der Waals surface area contributed by atoms with E-state index in [0.29, 0.717) is 0 Å². The number of para-hydroxylation sites is 1. The molecule has 0 saturated carbocycles. The van der Waals surface area contributed by atoms with E-state index in [-0.39, 0.29) is 17.1 Å². The number of benzene rings is 1. The predicted octanol–water partition coefficient (Wildman–Crippen LogP) is -4.11. The van der Waals surface area contributed by atoms with Gasteiger partial charge in [-0.15, -0.1) is 0 Å². The first-order chi connectivity index (χ1) is 15.2. The number of phenols is 1. The maximum absolute atomic E-state index is 10.2. The summed E-state index contributed by atoms with van der Waals surface area (Å²) in [5, 5.41) is 89.0. The fourth-order valence-electron chi connectivity index (χ4n) is 3.49. The van der Waals surface area contributed by atoms with Gasteiger partial charge in [0.2, 0.25) is 6.29 Å². The first kappa shape index (κ1) is 25.0. The van der Waals surface area contributed by atoms with Crippen LogP contribution in [0.5, 0.6) is 11.5 Å². The van der Waals surface area contributed by atoms with E-state index < -0.39 is 81.2 Å². The summed E-state index contributed by atoms with van der Waals surface area (Å²) in [5.41, 5.74) is 0.176. The zero-order valence-corrected chi connectivity index (χ0v) is 16.8. The van der Waals surface area contributed by atoms with Crippen LogP contribution in [-0.2, 0) is 20.8 Å². The van der Waals surface area contributed by atoms with Crippen molar-refractivity contribution in [2.24, 2.45) is 0 Å². The zero-order valence-electron chi connectivity index (χ0n) is 16.8. The van der Waals surface area contributed by atoms with Crippen LogP contribution in [-0.4, -0.2) is 121 Å². The van der Waals surface area contributed by atoms with Crippen molar-refractivity contribution in [1.82, 2.24) is 0 Å². The first-order valence-corrected chi connectivity index (χ1v) is 9.89. The highest BCUT2D eigenvalue weighted by molar-refractivity contribution is 5.45. The summed E-state index contributed by atoms with van der Waals surface area (Å²) < 4.78 is 21.5. The molecule has 2 aliphatic heterocycles. The highest BCUT2D eigenvalue weighted by atomic mass is 16.7. The quantitative estimate of drug-likeness (QED) is 0.187. The Labute approximate surface area is 182 Å². The van der Waals surface area contributed by atoms with Gasteiger partial charge in [-0.3, -0.25) is 0 Å². The first-order valence-electron chi connectivity index (χ1n) is 9.89. The number of aliphatic hydroxyl groups is 8. The Hall–Kier alpha value is -1.62. The van der Waals surface area contributed by atoms with E-state index in [1.165, 1.54) is 18.2 Å². The fourth-order valence-corrected chi connectivity index (χ4v) is 3.49. The molecule has 182 valence electrons. The van der Waals surface area contributed by atoms with Crippen molar-refractivity contribution in [3.8, 4) is 11.5 Å². The van der Waals surface area contributed by atoms with Crippen molar-refractivity contribution >= 4 is 0 Å². The van der Waals surface area contributed by atoms with E-state index in [1.807, 2.05) is 0 Å². The molecule has 1 aromatic carbocycles. The van der Waals surface area contributed by atoms with E-state index >= 15 is 0 Å². The topological polar surface area (TPSA) is 219 Å². The van der Waals surface area contributed by atoms with E-state index in [0.717, 1.165) is 0 Å². The Morgan fingerprint density at radius 3 is 1.97 bits per heavy atom. The maximum Gasteiger partial charge on any atom is 0.229 e. The average Bonchev–Trinajstić information content (AvgIpc) is 2.79. The van der Waals surface area contributed by atoms with Crippen LogP contribution >= 0.6 is 0 Å². The molecule has 0 aromatic heterocycles. The van der Waals surface area contributed by atoms with Crippen LogP contribution in [0.2, 0.25) is 0 Å². The second-order valence-corrected chi connectivity index (χ2v) is 7.59. The normalized spacial score (nSPS) is 40.2. The van der Waals surface area contributed by atoms with Gasteiger partial charge < -0.3 is 64.9 Å². The van der Waals surface area contributed by atoms with Crippen LogP contribution < -0.4 is 4.74 Å². The molecular formula is C19H28O13. The minimum absolute atomic E-state index is 0.176.